The predicted molar refractivity (Wildman–Crippen MR) is 75.0 cm³/mol. The molecule has 0 bridgehead atoms. The van der Waals surface area contributed by atoms with Gasteiger partial charge in [0.05, 0.1) is 6.61 Å². The first-order valence-corrected chi connectivity index (χ1v) is 7.27. The number of hydrogen-bond donors (Lipinski definition) is 1. The van der Waals surface area contributed by atoms with Gasteiger partial charge < -0.3 is 10.1 Å². The number of halogens is 1. The van der Waals surface area contributed by atoms with Crippen molar-refractivity contribution in [3.63, 3.8) is 0 Å². The highest BCUT2D eigenvalue weighted by Crippen LogP contribution is 2.33. The van der Waals surface area contributed by atoms with Crippen LogP contribution in [0.4, 0.5) is 5.69 Å². The number of hydrogen-bond acceptors (Lipinski definition) is 3. The van der Waals surface area contributed by atoms with Crippen LogP contribution >= 0.6 is 27.3 Å². The highest BCUT2D eigenvalue weighted by molar-refractivity contribution is 9.10. The lowest BCUT2D eigenvalue weighted by Crippen LogP contribution is -2.00. The van der Waals surface area contributed by atoms with E-state index >= 15 is 0 Å². The molecule has 0 spiro atoms. The number of benzene rings is 1. The zero-order valence-corrected chi connectivity index (χ0v) is 11.6. The fourth-order valence-electron chi connectivity index (χ4n) is 2.04. The van der Waals surface area contributed by atoms with Gasteiger partial charge in [0.2, 0.25) is 0 Å². The fourth-order valence-corrected chi connectivity index (χ4v) is 3.20. The van der Waals surface area contributed by atoms with E-state index in [1.165, 1.54) is 16.8 Å². The number of nitrogens with one attached hydrogen (secondary N) is 1. The number of thiophene rings is 1. The van der Waals surface area contributed by atoms with E-state index < -0.39 is 0 Å². The van der Waals surface area contributed by atoms with Crippen LogP contribution in [0.3, 0.4) is 0 Å². The van der Waals surface area contributed by atoms with Gasteiger partial charge in [-0.15, -0.1) is 0 Å². The third-order valence-electron chi connectivity index (χ3n) is 2.83. The summed E-state index contributed by atoms with van der Waals surface area (Å²) in [6.45, 7) is 1.61. The quantitative estimate of drug-likeness (QED) is 0.923. The summed E-state index contributed by atoms with van der Waals surface area (Å²) in [5.41, 5.74) is 3.70. The first kappa shape index (κ1) is 11.1. The molecule has 1 aromatic heterocycles. The van der Waals surface area contributed by atoms with Crippen molar-refractivity contribution in [2.45, 2.75) is 13.0 Å². The molecule has 2 aromatic rings. The predicted octanol–water partition coefficient (Wildman–Crippen LogP) is 4.06. The topological polar surface area (TPSA) is 21.3 Å². The van der Waals surface area contributed by atoms with Gasteiger partial charge in [-0.1, -0.05) is 15.9 Å². The molecule has 0 aliphatic carbocycles. The van der Waals surface area contributed by atoms with Crippen molar-refractivity contribution < 1.29 is 4.74 Å². The van der Waals surface area contributed by atoms with Crippen LogP contribution in [0.5, 0.6) is 5.75 Å². The molecular formula is C13H12BrNOS. The van der Waals surface area contributed by atoms with Gasteiger partial charge in [-0.05, 0) is 29.1 Å². The third-order valence-corrected chi connectivity index (χ3v) is 3.97. The van der Waals surface area contributed by atoms with E-state index in [0.717, 1.165) is 29.8 Å². The van der Waals surface area contributed by atoms with E-state index in [4.69, 9.17) is 4.74 Å². The Balaban J connectivity index is 1.83. The number of rotatable bonds is 3. The lowest BCUT2D eigenvalue weighted by atomic mass is 10.1. The molecule has 1 N–H and O–H groups in total. The van der Waals surface area contributed by atoms with Crippen molar-refractivity contribution in [1.82, 2.24) is 0 Å². The van der Waals surface area contributed by atoms with Crippen molar-refractivity contribution in [3.8, 4) is 5.75 Å². The maximum atomic E-state index is 5.70. The van der Waals surface area contributed by atoms with Crippen LogP contribution in [-0.4, -0.2) is 6.61 Å². The minimum atomic E-state index is 0.803. The van der Waals surface area contributed by atoms with E-state index in [-0.39, 0.29) is 0 Å². The third kappa shape index (κ3) is 2.33. The number of anilines is 1. The molecule has 88 valence electrons. The van der Waals surface area contributed by atoms with E-state index in [9.17, 15) is 0 Å². The van der Waals surface area contributed by atoms with E-state index in [0.29, 0.717) is 0 Å². The van der Waals surface area contributed by atoms with Crippen LogP contribution in [-0.2, 0) is 13.0 Å². The Morgan fingerprint density at radius 1 is 1.41 bits per heavy atom. The Bertz CT molecular complexity index is 524. The Kier molecular flexibility index (Phi) is 3.07. The van der Waals surface area contributed by atoms with Gasteiger partial charge in [-0.2, -0.15) is 11.3 Å². The number of fused-ring (bicyclic) bond motifs is 1. The van der Waals surface area contributed by atoms with Crippen molar-refractivity contribution in [2.75, 3.05) is 11.9 Å². The zero-order chi connectivity index (χ0) is 11.7. The summed E-state index contributed by atoms with van der Waals surface area (Å²) in [4.78, 5) is 0. The van der Waals surface area contributed by atoms with Crippen molar-refractivity contribution in [2.24, 2.45) is 0 Å². The second-order valence-corrected chi connectivity index (χ2v) is 5.71. The average Bonchev–Trinajstić information content (AvgIpc) is 2.95. The highest BCUT2D eigenvalue weighted by atomic mass is 79.9. The normalized spacial score (nSPS) is 13.2. The van der Waals surface area contributed by atoms with E-state index in [1.807, 2.05) is 0 Å². The summed E-state index contributed by atoms with van der Waals surface area (Å²) in [6.07, 6.45) is 1.01. The maximum Gasteiger partial charge on any atom is 0.127 e. The van der Waals surface area contributed by atoms with Crippen molar-refractivity contribution in [3.05, 3.63) is 44.6 Å². The summed E-state index contributed by atoms with van der Waals surface area (Å²) in [5.74, 6) is 1.07. The average molecular weight is 310 g/mol. The zero-order valence-electron chi connectivity index (χ0n) is 9.20. The standard InChI is InChI=1S/C13H12BrNOS/c14-11-5-9-1-3-16-13(9)10(6-11)7-15-12-2-4-17-8-12/h2,4-6,8,15H,1,3,7H2. The highest BCUT2D eigenvalue weighted by Gasteiger charge is 2.17. The van der Waals surface area contributed by atoms with Gasteiger partial charge >= 0.3 is 0 Å². The number of ether oxygens (including phenoxy) is 1. The van der Waals surface area contributed by atoms with E-state index in [2.05, 4.69) is 50.2 Å². The van der Waals surface area contributed by atoms with Crippen LogP contribution in [0.1, 0.15) is 11.1 Å². The Morgan fingerprint density at radius 2 is 2.35 bits per heavy atom. The molecule has 0 saturated carbocycles. The molecule has 2 nitrogen and oxygen atoms in total. The van der Waals surface area contributed by atoms with Gasteiger partial charge in [0.1, 0.15) is 5.75 Å². The monoisotopic (exact) mass is 309 g/mol. The second kappa shape index (κ2) is 4.70. The molecule has 1 aromatic carbocycles. The molecule has 0 atom stereocenters. The van der Waals surface area contributed by atoms with E-state index in [1.54, 1.807) is 11.3 Å². The lowest BCUT2D eigenvalue weighted by Gasteiger charge is -2.10. The summed E-state index contributed by atoms with van der Waals surface area (Å²) in [5, 5.41) is 7.59. The molecule has 2 heterocycles. The SMILES string of the molecule is Brc1cc2c(c(CNc3ccsc3)c1)OCC2. The van der Waals surface area contributed by atoms with Gasteiger partial charge in [-0.3, -0.25) is 0 Å². The van der Waals surface area contributed by atoms with Gasteiger partial charge in [0, 0.05) is 34.1 Å². The molecule has 1 aliphatic heterocycles. The Labute approximate surface area is 113 Å². The molecule has 17 heavy (non-hydrogen) atoms. The van der Waals surface area contributed by atoms with Gasteiger partial charge in [0.15, 0.2) is 0 Å². The van der Waals surface area contributed by atoms with Gasteiger partial charge in [0.25, 0.3) is 0 Å². The molecule has 3 rings (SSSR count). The minimum Gasteiger partial charge on any atom is -0.493 e. The summed E-state index contributed by atoms with van der Waals surface area (Å²) in [6, 6.07) is 6.36. The minimum absolute atomic E-state index is 0.803. The van der Waals surface area contributed by atoms with Gasteiger partial charge in [-0.25, -0.2) is 0 Å². The maximum absolute atomic E-state index is 5.70. The summed E-state index contributed by atoms with van der Waals surface area (Å²) < 4.78 is 6.82. The first-order chi connectivity index (χ1) is 8.33. The fraction of sp³-hybridized carbons (Fsp3) is 0.231. The molecule has 0 amide bonds. The molecule has 4 heteroatoms. The molecule has 1 aliphatic rings. The molecule has 0 fully saturated rings. The van der Waals surface area contributed by atoms with Crippen LogP contribution in [0, 0.1) is 0 Å². The largest absolute Gasteiger partial charge is 0.493 e. The summed E-state index contributed by atoms with van der Waals surface area (Å²) in [7, 11) is 0. The second-order valence-electron chi connectivity index (χ2n) is 4.02. The molecule has 0 saturated heterocycles. The van der Waals surface area contributed by atoms with Crippen LogP contribution in [0.15, 0.2) is 33.4 Å². The molecular weight excluding hydrogens is 298 g/mol. The van der Waals surface area contributed by atoms with Crippen LogP contribution < -0.4 is 10.1 Å². The van der Waals surface area contributed by atoms with Crippen LogP contribution in [0.2, 0.25) is 0 Å². The van der Waals surface area contributed by atoms with Crippen molar-refractivity contribution >= 4 is 33.0 Å². The molecule has 0 radical (unpaired) electrons. The Morgan fingerprint density at radius 3 is 3.18 bits per heavy atom. The smallest absolute Gasteiger partial charge is 0.127 e. The Hall–Kier alpha value is -1.00. The summed E-state index contributed by atoms with van der Waals surface area (Å²) >= 11 is 5.25. The van der Waals surface area contributed by atoms with Crippen LogP contribution in [0.25, 0.3) is 0 Å². The lowest BCUT2D eigenvalue weighted by molar-refractivity contribution is 0.354. The molecule has 0 unspecified atom stereocenters. The first-order valence-electron chi connectivity index (χ1n) is 5.53. The van der Waals surface area contributed by atoms with Crippen molar-refractivity contribution in [1.29, 1.82) is 0 Å².